The number of rotatable bonds is 3. The number of benzene rings is 1. The Morgan fingerprint density at radius 1 is 1.32 bits per heavy atom. The molecule has 0 aliphatic rings. The van der Waals surface area contributed by atoms with Crippen molar-refractivity contribution in [3.8, 4) is 5.75 Å². The number of carbonyl (C=O) groups excluding carboxylic acids is 1. The molecule has 0 atom stereocenters. The van der Waals surface area contributed by atoms with Crippen LogP contribution in [0.15, 0.2) is 42.6 Å². The number of phenolic OH excluding ortho intramolecular Hbond substituents is 1. The van der Waals surface area contributed by atoms with Gasteiger partial charge in [0.15, 0.2) is 0 Å². The van der Waals surface area contributed by atoms with E-state index in [1.54, 1.807) is 37.2 Å². The first kappa shape index (κ1) is 13.1. The molecule has 4 heteroatoms. The SMILES string of the molecule is Cc1ccc(C(=O)N(C)Cc2ccccn2)cc1O. The van der Waals surface area contributed by atoms with Crippen LogP contribution in [0.5, 0.6) is 5.75 Å². The highest BCUT2D eigenvalue weighted by Gasteiger charge is 2.13. The molecule has 4 nitrogen and oxygen atoms in total. The zero-order chi connectivity index (χ0) is 13.8. The van der Waals surface area contributed by atoms with Gasteiger partial charge in [-0.1, -0.05) is 12.1 Å². The topological polar surface area (TPSA) is 53.4 Å². The highest BCUT2D eigenvalue weighted by molar-refractivity contribution is 5.94. The third-order valence-corrected chi connectivity index (χ3v) is 2.93. The van der Waals surface area contributed by atoms with E-state index in [1.807, 2.05) is 18.2 Å². The lowest BCUT2D eigenvalue weighted by Crippen LogP contribution is -2.26. The van der Waals surface area contributed by atoms with Gasteiger partial charge in [-0.05, 0) is 36.8 Å². The summed E-state index contributed by atoms with van der Waals surface area (Å²) in [6, 6.07) is 10.5. The number of aromatic hydroxyl groups is 1. The van der Waals surface area contributed by atoms with Crippen molar-refractivity contribution in [2.75, 3.05) is 7.05 Å². The van der Waals surface area contributed by atoms with Crippen molar-refractivity contribution < 1.29 is 9.90 Å². The second kappa shape index (κ2) is 5.52. The summed E-state index contributed by atoms with van der Waals surface area (Å²) in [5.41, 5.74) is 2.06. The minimum absolute atomic E-state index is 0.136. The lowest BCUT2D eigenvalue weighted by Gasteiger charge is -2.17. The Hall–Kier alpha value is -2.36. The average Bonchev–Trinajstić information content (AvgIpc) is 2.42. The van der Waals surface area contributed by atoms with Crippen molar-refractivity contribution in [3.05, 3.63) is 59.4 Å². The maximum atomic E-state index is 12.2. The summed E-state index contributed by atoms with van der Waals surface area (Å²) in [6.45, 7) is 2.23. The molecule has 1 N–H and O–H groups in total. The molecule has 1 amide bonds. The van der Waals surface area contributed by atoms with Crippen LogP contribution in [0.25, 0.3) is 0 Å². The van der Waals surface area contributed by atoms with Gasteiger partial charge >= 0.3 is 0 Å². The largest absolute Gasteiger partial charge is 0.508 e. The number of amides is 1. The van der Waals surface area contributed by atoms with Crippen LogP contribution in [0.2, 0.25) is 0 Å². The van der Waals surface area contributed by atoms with Crippen molar-refractivity contribution in [1.29, 1.82) is 0 Å². The number of hydrogen-bond acceptors (Lipinski definition) is 3. The van der Waals surface area contributed by atoms with Crippen LogP contribution in [0, 0.1) is 6.92 Å². The zero-order valence-electron chi connectivity index (χ0n) is 11.0. The summed E-state index contributed by atoms with van der Waals surface area (Å²) in [6.07, 6.45) is 1.70. The molecule has 0 radical (unpaired) electrons. The fraction of sp³-hybridized carbons (Fsp3) is 0.200. The molecule has 0 saturated heterocycles. The average molecular weight is 256 g/mol. The van der Waals surface area contributed by atoms with Gasteiger partial charge in [0.05, 0.1) is 12.2 Å². The maximum Gasteiger partial charge on any atom is 0.254 e. The standard InChI is InChI=1S/C15H16N2O2/c1-11-6-7-12(9-14(11)18)15(19)17(2)10-13-5-3-4-8-16-13/h3-9,18H,10H2,1-2H3. The minimum atomic E-state index is -0.138. The van der Waals surface area contributed by atoms with Gasteiger partial charge in [0.1, 0.15) is 5.75 Å². The van der Waals surface area contributed by atoms with Gasteiger partial charge in [0.25, 0.3) is 5.91 Å². The number of aromatic nitrogens is 1. The normalized spacial score (nSPS) is 10.2. The molecular formula is C15H16N2O2. The first-order valence-corrected chi connectivity index (χ1v) is 6.03. The van der Waals surface area contributed by atoms with Gasteiger partial charge in [-0.3, -0.25) is 9.78 Å². The number of hydrogen-bond donors (Lipinski definition) is 1. The summed E-state index contributed by atoms with van der Waals surface area (Å²) < 4.78 is 0. The molecule has 0 spiro atoms. The molecule has 19 heavy (non-hydrogen) atoms. The molecule has 2 rings (SSSR count). The molecular weight excluding hydrogens is 240 g/mol. The molecule has 0 bridgehead atoms. The lowest BCUT2D eigenvalue weighted by molar-refractivity contribution is 0.0783. The second-order valence-electron chi connectivity index (χ2n) is 4.48. The van der Waals surface area contributed by atoms with E-state index < -0.39 is 0 Å². The Morgan fingerprint density at radius 3 is 2.74 bits per heavy atom. The Labute approximate surface area is 112 Å². The number of carbonyl (C=O) groups is 1. The number of nitrogens with zero attached hydrogens (tertiary/aromatic N) is 2. The van der Waals surface area contributed by atoms with Crippen molar-refractivity contribution in [3.63, 3.8) is 0 Å². The van der Waals surface area contributed by atoms with E-state index in [9.17, 15) is 9.90 Å². The van der Waals surface area contributed by atoms with Crippen molar-refractivity contribution >= 4 is 5.91 Å². The Morgan fingerprint density at radius 2 is 2.11 bits per heavy atom. The molecule has 1 heterocycles. The predicted molar refractivity (Wildman–Crippen MR) is 72.9 cm³/mol. The first-order chi connectivity index (χ1) is 9.08. The summed E-state index contributed by atoms with van der Waals surface area (Å²) in [4.78, 5) is 18.0. The fourth-order valence-corrected chi connectivity index (χ4v) is 1.77. The molecule has 0 unspecified atom stereocenters. The molecule has 1 aromatic carbocycles. The molecule has 1 aromatic heterocycles. The van der Waals surface area contributed by atoms with E-state index >= 15 is 0 Å². The zero-order valence-corrected chi connectivity index (χ0v) is 11.0. The molecule has 0 saturated carbocycles. The third-order valence-electron chi connectivity index (χ3n) is 2.93. The van der Waals surface area contributed by atoms with Crippen LogP contribution in [0.1, 0.15) is 21.6 Å². The van der Waals surface area contributed by atoms with Gasteiger partial charge in [-0.25, -0.2) is 0 Å². The summed E-state index contributed by atoms with van der Waals surface area (Å²) in [5.74, 6) is -0.00182. The highest BCUT2D eigenvalue weighted by atomic mass is 16.3. The molecule has 0 aliphatic heterocycles. The number of aryl methyl sites for hydroxylation is 1. The quantitative estimate of drug-likeness (QED) is 0.917. The van der Waals surface area contributed by atoms with E-state index in [4.69, 9.17) is 0 Å². The monoisotopic (exact) mass is 256 g/mol. The minimum Gasteiger partial charge on any atom is -0.508 e. The van der Waals surface area contributed by atoms with Crippen molar-refractivity contribution in [2.45, 2.75) is 13.5 Å². The summed E-state index contributed by atoms with van der Waals surface area (Å²) in [5, 5.41) is 9.64. The number of phenols is 1. The van der Waals surface area contributed by atoms with Gasteiger partial charge in [-0.15, -0.1) is 0 Å². The summed E-state index contributed by atoms with van der Waals surface area (Å²) >= 11 is 0. The van der Waals surface area contributed by atoms with Crippen LogP contribution < -0.4 is 0 Å². The highest BCUT2D eigenvalue weighted by Crippen LogP contribution is 2.18. The van der Waals surface area contributed by atoms with Gasteiger partial charge in [0.2, 0.25) is 0 Å². The molecule has 0 aliphatic carbocycles. The fourth-order valence-electron chi connectivity index (χ4n) is 1.77. The van der Waals surface area contributed by atoms with E-state index in [0.717, 1.165) is 11.3 Å². The van der Waals surface area contributed by atoms with Gasteiger partial charge < -0.3 is 10.0 Å². The number of pyridine rings is 1. The van der Waals surface area contributed by atoms with Crippen LogP contribution >= 0.6 is 0 Å². The first-order valence-electron chi connectivity index (χ1n) is 6.03. The Balaban J connectivity index is 2.12. The van der Waals surface area contributed by atoms with Crippen molar-refractivity contribution in [1.82, 2.24) is 9.88 Å². The van der Waals surface area contributed by atoms with Crippen LogP contribution in [-0.2, 0) is 6.54 Å². The predicted octanol–water partition coefficient (Wildman–Crippen LogP) is 2.37. The summed E-state index contributed by atoms with van der Waals surface area (Å²) in [7, 11) is 1.72. The lowest BCUT2D eigenvalue weighted by atomic mass is 10.1. The van der Waals surface area contributed by atoms with Crippen molar-refractivity contribution in [2.24, 2.45) is 0 Å². The van der Waals surface area contributed by atoms with Crippen LogP contribution in [0.4, 0.5) is 0 Å². The molecule has 0 fully saturated rings. The molecule has 2 aromatic rings. The van der Waals surface area contributed by atoms with E-state index in [2.05, 4.69) is 4.98 Å². The van der Waals surface area contributed by atoms with Gasteiger partial charge in [0, 0.05) is 18.8 Å². The van der Waals surface area contributed by atoms with Crippen LogP contribution in [0.3, 0.4) is 0 Å². The van der Waals surface area contributed by atoms with E-state index in [-0.39, 0.29) is 11.7 Å². The van der Waals surface area contributed by atoms with E-state index in [0.29, 0.717) is 12.1 Å². The maximum absolute atomic E-state index is 12.2. The van der Waals surface area contributed by atoms with E-state index in [1.165, 1.54) is 6.07 Å². The van der Waals surface area contributed by atoms with Gasteiger partial charge in [-0.2, -0.15) is 0 Å². The smallest absolute Gasteiger partial charge is 0.254 e. The third kappa shape index (κ3) is 3.10. The second-order valence-corrected chi connectivity index (χ2v) is 4.48. The van der Waals surface area contributed by atoms with Crippen LogP contribution in [-0.4, -0.2) is 27.9 Å². The Bertz CT molecular complexity index is 582. The Kier molecular flexibility index (Phi) is 3.80. The molecule has 98 valence electrons.